The van der Waals surface area contributed by atoms with Gasteiger partial charge in [0.1, 0.15) is 0 Å². The minimum Gasteiger partial charge on any atom is -0.376 e. The van der Waals surface area contributed by atoms with Crippen molar-refractivity contribution in [1.29, 1.82) is 0 Å². The Morgan fingerprint density at radius 2 is 2.20 bits per heavy atom. The normalized spacial score (nSPS) is 17.9. The van der Waals surface area contributed by atoms with Crippen molar-refractivity contribution >= 4 is 23.4 Å². The Balaban J connectivity index is 1.70. The van der Waals surface area contributed by atoms with Crippen molar-refractivity contribution in [3.63, 3.8) is 0 Å². The summed E-state index contributed by atoms with van der Waals surface area (Å²) >= 11 is 1.36. The molecule has 1 fully saturated rings. The molecule has 1 N–H and O–H groups in total. The van der Waals surface area contributed by atoms with E-state index in [2.05, 4.69) is 5.32 Å². The number of hydrogen-bond donors (Lipinski definition) is 1. The van der Waals surface area contributed by atoms with E-state index in [-0.39, 0.29) is 17.7 Å². The highest BCUT2D eigenvalue weighted by atomic mass is 32.2. The van der Waals surface area contributed by atoms with Gasteiger partial charge in [-0.05, 0) is 25.0 Å². The third-order valence-electron chi connectivity index (χ3n) is 2.97. The minimum atomic E-state index is -0.442. The van der Waals surface area contributed by atoms with Crippen LogP contribution in [0.15, 0.2) is 29.2 Å². The van der Waals surface area contributed by atoms with Gasteiger partial charge < -0.3 is 10.1 Å². The van der Waals surface area contributed by atoms with Crippen molar-refractivity contribution < 1.29 is 14.5 Å². The molecule has 6 nitrogen and oxygen atoms in total. The number of non-ortho nitro benzene ring substituents is 1. The van der Waals surface area contributed by atoms with Crippen LogP contribution >= 0.6 is 11.8 Å². The van der Waals surface area contributed by atoms with Crippen LogP contribution in [0.5, 0.6) is 0 Å². The number of rotatable bonds is 6. The first-order valence-corrected chi connectivity index (χ1v) is 7.39. The highest BCUT2D eigenvalue weighted by Crippen LogP contribution is 2.21. The number of ether oxygens (including phenoxy) is 1. The first-order chi connectivity index (χ1) is 9.65. The van der Waals surface area contributed by atoms with E-state index < -0.39 is 4.92 Å². The third kappa shape index (κ3) is 4.50. The van der Waals surface area contributed by atoms with Gasteiger partial charge in [0.15, 0.2) is 0 Å². The molecule has 1 unspecified atom stereocenters. The summed E-state index contributed by atoms with van der Waals surface area (Å²) in [6, 6.07) is 6.17. The first kappa shape index (κ1) is 14.8. The molecule has 0 aromatic heterocycles. The topological polar surface area (TPSA) is 81.5 Å². The highest BCUT2D eigenvalue weighted by molar-refractivity contribution is 8.00. The molecule has 108 valence electrons. The molecule has 20 heavy (non-hydrogen) atoms. The molecule has 1 heterocycles. The van der Waals surface area contributed by atoms with E-state index in [1.807, 2.05) is 0 Å². The summed E-state index contributed by atoms with van der Waals surface area (Å²) in [6.45, 7) is 1.33. The van der Waals surface area contributed by atoms with Gasteiger partial charge in [0.2, 0.25) is 5.91 Å². The van der Waals surface area contributed by atoms with Gasteiger partial charge >= 0.3 is 0 Å². The van der Waals surface area contributed by atoms with E-state index in [9.17, 15) is 14.9 Å². The molecule has 0 radical (unpaired) electrons. The molecule has 2 rings (SSSR count). The maximum absolute atomic E-state index is 11.7. The van der Waals surface area contributed by atoms with Crippen LogP contribution in [-0.2, 0) is 9.53 Å². The van der Waals surface area contributed by atoms with Crippen molar-refractivity contribution in [1.82, 2.24) is 5.32 Å². The second-order valence-corrected chi connectivity index (χ2v) is 5.53. The quantitative estimate of drug-likeness (QED) is 0.493. The summed E-state index contributed by atoms with van der Waals surface area (Å²) < 4.78 is 5.42. The van der Waals surface area contributed by atoms with Crippen LogP contribution in [0.3, 0.4) is 0 Å². The van der Waals surface area contributed by atoms with Crippen LogP contribution in [0.1, 0.15) is 12.8 Å². The molecule has 0 spiro atoms. The van der Waals surface area contributed by atoms with E-state index in [1.54, 1.807) is 12.1 Å². The Kier molecular flexibility index (Phi) is 5.37. The summed E-state index contributed by atoms with van der Waals surface area (Å²) in [6.07, 6.45) is 2.19. The highest BCUT2D eigenvalue weighted by Gasteiger charge is 2.16. The minimum absolute atomic E-state index is 0.0520. The molecule has 0 aliphatic carbocycles. The van der Waals surface area contributed by atoms with Gasteiger partial charge in [-0.15, -0.1) is 11.8 Å². The maximum Gasteiger partial charge on any atom is 0.269 e. The second kappa shape index (κ2) is 7.25. The summed E-state index contributed by atoms with van der Waals surface area (Å²) in [4.78, 5) is 22.6. The predicted octanol–water partition coefficient (Wildman–Crippen LogP) is 1.98. The number of nitrogens with zero attached hydrogens (tertiary/aromatic N) is 1. The second-order valence-electron chi connectivity index (χ2n) is 4.48. The number of carbonyl (C=O) groups excluding carboxylic acids is 1. The first-order valence-electron chi connectivity index (χ1n) is 6.41. The molecule has 1 saturated heterocycles. The zero-order chi connectivity index (χ0) is 14.4. The van der Waals surface area contributed by atoms with Crippen LogP contribution < -0.4 is 5.32 Å². The Morgan fingerprint density at radius 3 is 2.80 bits per heavy atom. The van der Waals surface area contributed by atoms with Crippen molar-refractivity contribution in [3.05, 3.63) is 34.4 Å². The summed E-state index contributed by atoms with van der Waals surface area (Å²) in [5.41, 5.74) is 0.0529. The van der Waals surface area contributed by atoms with Crippen LogP contribution in [-0.4, -0.2) is 35.8 Å². The third-order valence-corrected chi connectivity index (χ3v) is 3.98. The van der Waals surface area contributed by atoms with Gasteiger partial charge in [0.05, 0.1) is 16.8 Å². The van der Waals surface area contributed by atoms with Crippen molar-refractivity contribution in [2.75, 3.05) is 18.9 Å². The van der Waals surface area contributed by atoms with Crippen LogP contribution in [0.4, 0.5) is 5.69 Å². The molecule has 7 heteroatoms. The molecular weight excluding hydrogens is 280 g/mol. The Hall–Kier alpha value is -1.60. The van der Waals surface area contributed by atoms with E-state index in [1.165, 1.54) is 23.9 Å². The molecule has 1 aromatic rings. The molecule has 1 aromatic carbocycles. The molecule has 1 amide bonds. The monoisotopic (exact) mass is 296 g/mol. The average Bonchev–Trinajstić information content (AvgIpc) is 2.96. The van der Waals surface area contributed by atoms with E-state index in [0.717, 1.165) is 24.3 Å². The van der Waals surface area contributed by atoms with Crippen molar-refractivity contribution in [3.8, 4) is 0 Å². The molecule has 0 saturated carbocycles. The van der Waals surface area contributed by atoms with Gasteiger partial charge in [0.25, 0.3) is 5.69 Å². The SMILES string of the molecule is O=C(CSc1ccc([N+](=O)[O-])cc1)NCC1CCCO1. The number of nitro groups is 1. The number of thioether (sulfide) groups is 1. The fourth-order valence-electron chi connectivity index (χ4n) is 1.90. The fraction of sp³-hybridized carbons (Fsp3) is 0.462. The molecule has 1 atom stereocenters. The standard InChI is InChI=1S/C13H16N2O4S/c16-13(14-8-11-2-1-7-19-11)9-20-12-5-3-10(4-6-12)15(17)18/h3-6,11H,1-2,7-9H2,(H,14,16). The molecule has 1 aliphatic heterocycles. The Bertz CT molecular complexity index is 472. The number of nitrogens with one attached hydrogen (secondary N) is 1. The van der Waals surface area contributed by atoms with E-state index in [4.69, 9.17) is 4.74 Å². The lowest BCUT2D eigenvalue weighted by Gasteiger charge is -2.10. The van der Waals surface area contributed by atoms with Gasteiger partial charge in [-0.1, -0.05) is 0 Å². The van der Waals surface area contributed by atoms with Gasteiger partial charge in [-0.3, -0.25) is 14.9 Å². The lowest BCUT2D eigenvalue weighted by atomic mass is 10.2. The smallest absolute Gasteiger partial charge is 0.269 e. The van der Waals surface area contributed by atoms with Gasteiger partial charge in [-0.25, -0.2) is 0 Å². The van der Waals surface area contributed by atoms with Gasteiger partial charge in [0, 0.05) is 30.2 Å². The lowest BCUT2D eigenvalue weighted by molar-refractivity contribution is -0.384. The summed E-state index contributed by atoms with van der Waals surface area (Å²) in [5, 5.41) is 13.3. The number of benzene rings is 1. The Labute approximate surface area is 121 Å². The maximum atomic E-state index is 11.7. The Morgan fingerprint density at radius 1 is 1.45 bits per heavy atom. The van der Waals surface area contributed by atoms with Crippen molar-refractivity contribution in [2.24, 2.45) is 0 Å². The number of hydrogen-bond acceptors (Lipinski definition) is 5. The zero-order valence-corrected chi connectivity index (χ0v) is 11.7. The lowest BCUT2D eigenvalue weighted by Crippen LogP contribution is -2.32. The van der Waals surface area contributed by atoms with E-state index in [0.29, 0.717) is 12.3 Å². The summed E-state index contributed by atoms with van der Waals surface area (Å²) in [5.74, 6) is 0.244. The largest absolute Gasteiger partial charge is 0.376 e. The molecular formula is C13H16N2O4S. The number of amides is 1. The number of nitro benzene ring substituents is 1. The van der Waals surface area contributed by atoms with Crippen LogP contribution in [0.2, 0.25) is 0 Å². The summed E-state index contributed by atoms with van der Waals surface area (Å²) in [7, 11) is 0. The predicted molar refractivity (Wildman–Crippen MR) is 75.8 cm³/mol. The van der Waals surface area contributed by atoms with Gasteiger partial charge in [-0.2, -0.15) is 0 Å². The molecule has 0 bridgehead atoms. The van der Waals surface area contributed by atoms with Crippen LogP contribution in [0, 0.1) is 10.1 Å². The van der Waals surface area contributed by atoms with Crippen molar-refractivity contribution in [2.45, 2.75) is 23.8 Å². The van der Waals surface area contributed by atoms with E-state index >= 15 is 0 Å². The number of carbonyl (C=O) groups is 1. The molecule has 1 aliphatic rings. The fourth-order valence-corrected chi connectivity index (χ4v) is 2.63. The van der Waals surface area contributed by atoms with Crippen LogP contribution in [0.25, 0.3) is 0 Å². The average molecular weight is 296 g/mol. The zero-order valence-electron chi connectivity index (χ0n) is 10.9.